The van der Waals surface area contributed by atoms with Gasteiger partial charge < -0.3 is 19.4 Å². The number of ether oxygens (including phenoxy) is 1. The third-order valence-electron chi connectivity index (χ3n) is 3.77. The normalized spacial score (nSPS) is 17.4. The second-order valence-corrected chi connectivity index (χ2v) is 5.46. The molecule has 1 aromatic carbocycles. The van der Waals surface area contributed by atoms with E-state index < -0.39 is 6.10 Å². The molecule has 7 nitrogen and oxygen atoms in total. The lowest BCUT2D eigenvalue weighted by molar-refractivity contribution is -0.132. The quantitative estimate of drug-likeness (QED) is 0.930. The summed E-state index contributed by atoms with van der Waals surface area (Å²) in [5.41, 5.74) is 1.70. The molecule has 1 N–H and O–H groups in total. The first-order chi connectivity index (χ1) is 11.0. The van der Waals surface area contributed by atoms with Gasteiger partial charge in [-0.2, -0.15) is 0 Å². The first-order valence-electron chi connectivity index (χ1n) is 7.26. The number of aromatic nitrogens is 1. The number of nitrogens with one attached hydrogen (secondary N) is 1. The summed E-state index contributed by atoms with van der Waals surface area (Å²) in [4.78, 5) is 29.3. The number of rotatable bonds is 4. The molecule has 2 amide bonds. The summed E-state index contributed by atoms with van der Waals surface area (Å²) in [6, 6.07) is 5.27. The first-order valence-corrected chi connectivity index (χ1v) is 7.26. The number of benzene rings is 1. The van der Waals surface area contributed by atoms with Gasteiger partial charge in [0.1, 0.15) is 12.0 Å². The highest BCUT2D eigenvalue weighted by Gasteiger charge is 2.30. The molecule has 23 heavy (non-hydrogen) atoms. The van der Waals surface area contributed by atoms with Crippen LogP contribution in [0.25, 0.3) is 0 Å². The van der Waals surface area contributed by atoms with Crippen LogP contribution in [0.3, 0.4) is 0 Å². The molecule has 1 aliphatic heterocycles. The van der Waals surface area contributed by atoms with Gasteiger partial charge in [0.25, 0.3) is 11.8 Å². The van der Waals surface area contributed by atoms with E-state index in [0.29, 0.717) is 24.4 Å². The minimum Gasteiger partial charge on any atom is -0.481 e. The van der Waals surface area contributed by atoms with Gasteiger partial charge in [0, 0.05) is 25.7 Å². The molecule has 1 atom stereocenters. The Balaban J connectivity index is 1.68. The molecule has 3 rings (SSSR count). The van der Waals surface area contributed by atoms with Gasteiger partial charge in [0.2, 0.25) is 0 Å². The lowest BCUT2D eigenvalue weighted by Crippen LogP contribution is -2.29. The van der Waals surface area contributed by atoms with Crippen molar-refractivity contribution in [1.82, 2.24) is 9.88 Å². The number of carbonyl (C=O) groups excluding carboxylic acids is 2. The summed E-state index contributed by atoms with van der Waals surface area (Å²) in [7, 11) is 1.76. The van der Waals surface area contributed by atoms with Gasteiger partial charge in [-0.05, 0) is 30.7 Å². The summed E-state index contributed by atoms with van der Waals surface area (Å²) < 4.78 is 10.5. The highest BCUT2D eigenvalue weighted by molar-refractivity contribution is 6.03. The molecule has 0 saturated carbocycles. The Morgan fingerprint density at radius 1 is 1.48 bits per heavy atom. The van der Waals surface area contributed by atoms with Crippen molar-refractivity contribution in [3.8, 4) is 5.75 Å². The van der Waals surface area contributed by atoms with Crippen molar-refractivity contribution in [2.75, 3.05) is 18.9 Å². The summed E-state index contributed by atoms with van der Waals surface area (Å²) >= 11 is 0. The van der Waals surface area contributed by atoms with Crippen LogP contribution in [0.4, 0.5) is 5.69 Å². The Hall–Kier alpha value is -2.83. The largest absolute Gasteiger partial charge is 0.481 e. The number of oxazole rings is 1. The zero-order valence-electron chi connectivity index (χ0n) is 12.9. The monoisotopic (exact) mass is 315 g/mol. The van der Waals surface area contributed by atoms with Crippen molar-refractivity contribution in [3.05, 3.63) is 42.1 Å². The molecule has 2 aromatic rings. The van der Waals surface area contributed by atoms with Crippen LogP contribution in [0.1, 0.15) is 22.5 Å². The molecule has 0 spiro atoms. The summed E-state index contributed by atoms with van der Waals surface area (Å²) in [5, 5.41) is 2.76. The number of likely N-dealkylation sites (N-methyl/N-ethyl adjacent to an activating group) is 1. The van der Waals surface area contributed by atoms with Gasteiger partial charge in [0.05, 0.1) is 0 Å². The van der Waals surface area contributed by atoms with Crippen LogP contribution in [0.2, 0.25) is 0 Å². The number of aryl methyl sites for hydroxylation is 1. The van der Waals surface area contributed by atoms with Gasteiger partial charge in [0.15, 0.2) is 18.2 Å². The first kappa shape index (κ1) is 15.1. The Labute approximate surface area is 133 Å². The van der Waals surface area contributed by atoms with Gasteiger partial charge >= 0.3 is 0 Å². The predicted octanol–water partition coefficient (Wildman–Crippen LogP) is 1.84. The molecule has 1 aromatic heterocycles. The average Bonchev–Trinajstić information content (AvgIpc) is 3.16. The Morgan fingerprint density at radius 2 is 2.30 bits per heavy atom. The van der Waals surface area contributed by atoms with Gasteiger partial charge in [-0.25, -0.2) is 4.98 Å². The Kier molecular flexibility index (Phi) is 4.01. The molecular weight excluding hydrogens is 298 g/mol. The Bertz CT molecular complexity index is 727. The van der Waals surface area contributed by atoms with Crippen molar-refractivity contribution in [2.45, 2.75) is 19.4 Å². The maximum Gasteiger partial charge on any atom is 0.277 e. The van der Waals surface area contributed by atoms with E-state index >= 15 is 0 Å². The van der Waals surface area contributed by atoms with Gasteiger partial charge in [-0.3, -0.25) is 9.59 Å². The third kappa shape index (κ3) is 3.18. The van der Waals surface area contributed by atoms with Crippen LogP contribution in [-0.2, 0) is 4.79 Å². The molecular formula is C16H17N3O4. The lowest BCUT2D eigenvalue weighted by Gasteiger charge is -2.14. The number of amides is 2. The van der Waals surface area contributed by atoms with Crippen molar-refractivity contribution in [1.29, 1.82) is 0 Å². The Morgan fingerprint density at radius 3 is 2.91 bits per heavy atom. The van der Waals surface area contributed by atoms with Crippen LogP contribution in [0.5, 0.6) is 5.75 Å². The second-order valence-electron chi connectivity index (χ2n) is 5.46. The standard InChI is InChI=1S/C16H17N3O4/c1-10-7-11(23-14-5-6-19(2)16(14)21)3-4-12(10)18-15(20)13-8-22-9-17-13/h3-4,7-9,14H,5-6H2,1-2H3,(H,18,20)/t14-/m1/s1. The molecule has 1 fully saturated rings. The molecule has 120 valence electrons. The lowest BCUT2D eigenvalue weighted by atomic mass is 10.2. The number of hydrogen-bond donors (Lipinski definition) is 1. The highest BCUT2D eigenvalue weighted by Crippen LogP contribution is 2.24. The highest BCUT2D eigenvalue weighted by atomic mass is 16.5. The van der Waals surface area contributed by atoms with Crippen LogP contribution < -0.4 is 10.1 Å². The number of likely N-dealkylation sites (tertiary alicyclic amines) is 1. The van der Waals surface area contributed by atoms with Crippen molar-refractivity contribution >= 4 is 17.5 Å². The number of nitrogens with zero attached hydrogens (tertiary/aromatic N) is 2. The third-order valence-corrected chi connectivity index (χ3v) is 3.77. The maximum absolute atomic E-state index is 12.0. The fourth-order valence-corrected chi connectivity index (χ4v) is 2.42. The molecule has 2 heterocycles. The predicted molar refractivity (Wildman–Crippen MR) is 82.3 cm³/mol. The molecule has 7 heteroatoms. The second kappa shape index (κ2) is 6.12. The number of carbonyl (C=O) groups is 2. The summed E-state index contributed by atoms with van der Waals surface area (Å²) in [6.45, 7) is 2.56. The average molecular weight is 315 g/mol. The van der Waals surface area contributed by atoms with E-state index in [0.717, 1.165) is 5.56 Å². The topological polar surface area (TPSA) is 84.7 Å². The van der Waals surface area contributed by atoms with Crippen LogP contribution in [0.15, 0.2) is 35.3 Å². The minimum absolute atomic E-state index is 0.00827. The summed E-state index contributed by atoms with van der Waals surface area (Å²) in [5.74, 6) is 0.254. The minimum atomic E-state index is -0.435. The fourth-order valence-electron chi connectivity index (χ4n) is 2.42. The van der Waals surface area contributed by atoms with E-state index in [1.807, 2.05) is 6.92 Å². The SMILES string of the molecule is Cc1cc(O[C@@H]2CCN(C)C2=O)ccc1NC(=O)c1cocn1. The molecule has 1 aliphatic rings. The van der Waals surface area contributed by atoms with Crippen molar-refractivity contribution in [2.24, 2.45) is 0 Å². The maximum atomic E-state index is 12.0. The van der Waals surface area contributed by atoms with E-state index in [-0.39, 0.29) is 17.5 Å². The number of hydrogen-bond acceptors (Lipinski definition) is 5. The van der Waals surface area contributed by atoms with Crippen molar-refractivity contribution < 1.29 is 18.7 Å². The van der Waals surface area contributed by atoms with E-state index in [9.17, 15) is 9.59 Å². The van der Waals surface area contributed by atoms with Crippen LogP contribution in [0, 0.1) is 6.92 Å². The molecule has 0 aliphatic carbocycles. The summed E-state index contributed by atoms with van der Waals surface area (Å²) in [6.07, 6.45) is 2.73. The van der Waals surface area contributed by atoms with Gasteiger partial charge in [-0.15, -0.1) is 0 Å². The van der Waals surface area contributed by atoms with E-state index in [1.54, 1.807) is 30.1 Å². The van der Waals surface area contributed by atoms with Crippen molar-refractivity contribution in [3.63, 3.8) is 0 Å². The smallest absolute Gasteiger partial charge is 0.277 e. The molecule has 1 saturated heterocycles. The molecule has 0 unspecified atom stereocenters. The van der Waals surface area contributed by atoms with E-state index in [1.165, 1.54) is 12.7 Å². The zero-order chi connectivity index (χ0) is 16.4. The van der Waals surface area contributed by atoms with E-state index in [2.05, 4.69) is 10.3 Å². The van der Waals surface area contributed by atoms with Gasteiger partial charge in [-0.1, -0.05) is 0 Å². The zero-order valence-corrected chi connectivity index (χ0v) is 12.9. The fraction of sp³-hybridized carbons (Fsp3) is 0.312. The van der Waals surface area contributed by atoms with E-state index in [4.69, 9.17) is 9.15 Å². The molecule has 0 bridgehead atoms. The number of anilines is 1. The van der Waals surface area contributed by atoms with Crippen LogP contribution in [-0.4, -0.2) is 41.4 Å². The molecule has 0 radical (unpaired) electrons. The van der Waals surface area contributed by atoms with Crippen LogP contribution >= 0.6 is 0 Å².